The first-order valence-electron chi connectivity index (χ1n) is 6.93. The van der Waals surface area contributed by atoms with Crippen LogP contribution in [0.2, 0.25) is 0 Å². The van der Waals surface area contributed by atoms with Gasteiger partial charge in [0.1, 0.15) is 0 Å². The summed E-state index contributed by atoms with van der Waals surface area (Å²) in [7, 11) is 0. The fourth-order valence-corrected chi connectivity index (χ4v) is 3.52. The van der Waals surface area contributed by atoms with E-state index in [4.69, 9.17) is 0 Å². The zero-order valence-electron chi connectivity index (χ0n) is 12.0. The molecule has 1 saturated heterocycles. The fourth-order valence-electron chi connectivity index (χ4n) is 2.11. The highest BCUT2D eigenvalue weighted by molar-refractivity contribution is 14.1. The highest BCUT2D eigenvalue weighted by atomic mass is 127. The van der Waals surface area contributed by atoms with E-state index in [1.54, 1.807) is 6.08 Å². The van der Waals surface area contributed by atoms with Crippen LogP contribution in [-0.4, -0.2) is 22.7 Å². The summed E-state index contributed by atoms with van der Waals surface area (Å²) in [5.74, 6) is -0.262. The van der Waals surface area contributed by atoms with E-state index in [1.165, 1.54) is 4.90 Å². The Labute approximate surface area is 152 Å². The number of rotatable bonds is 4. The zero-order valence-corrected chi connectivity index (χ0v) is 15.0. The number of nitrogens with zero attached hydrogens (tertiary/aromatic N) is 1. The number of para-hydroxylation sites is 1. The Morgan fingerprint density at radius 3 is 2.61 bits per heavy atom. The quantitative estimate of drug-likeness (QED) is 0.571. The minimum atomic E-state index is -0.262. The van der Waals surface area contributed by atoms with E-state index in [0.29, 0.717) is 4.91 Å². The monoisotopic (exact) mass is 436 g/mol. The van der Waals surface area contributed by atoms with Gasteiger partial charge in [-0.05, 0) is 70.3 Å². The number of halogens is 1. The Morgan fingerprint density at radius 1 is 1.09 bits per heavy atom. The first kappa shape index (κ1) is 16.1. The second kappa shape index (κ2) is 7.18. The number of benzene rings is 2. The summed E-state index contributed by atoms with van der Waals surface area (Å²) in [4.78, 5) is 26.1. The topological polar surface area (TPSA) is 49.4 Å². The van der Waals surface area contributed by atoms with Gasteiger partial charge in [0.05, 0.1) is 11.6 Å². The number of hydrogen-bond donors (Lipinski definition) is 1. The number of imide groups is 1. The zero-order chi connectivity index (χ0) is 16.2. The molecule has 1 aliphatic rings. The van der Waals surface area contributed by atoms with Crippen LogP contribution in [0.3, 0.4) is 0 Å². The summed E-state index contributed by atoms with van der Waals surface area (Å²) in [6.07, 6.45) is 1.76. The summed E-state index contributed by atoms with van der Waals surface area (Å²) in [6.45, 7) is 0.165. The Hall–Kier alpha value is -1.80. The number of nitrogens with one attached hydrogen (secondary N) is 1. The maximum Gasteiger partial charge on any atom is 0.295 e. The van der Waals surface area contributed by atoms with Gasteiger partial charge in [0, 0.05) is 9.26 Å². The van der Waals surface area contributed by atoms with Crippen LogP contribution in [0.1, 0.15) is 5.56 Å². The largest absolute Gasteiger partial charge is 0.367 e. The van der Waals surface area contributed by atoms with Crippen LogP contribution in [0.5, 0.6) is 0 Å². The van der Waals surface area contributed by atoms with Crippen LogP contribution in [-0.2, 0) is 4.79 Å². The van der Waals surface area contributed by atoms with Gasteiger partial charge in [0.2, 0.25) is 0 Å². The Kier molecular flexibility index (Phi) is 5.02. The maximum atomic E-state index is 12.4. The predicted octanol–water partition coefficient (Wildman–Crippen LogP) is 4.40. The van der Waals surface area contributed by atoms with Crippen molar-refractivity contribution in [3.63, 3.8) is 0 Å². The molecular weight excluding hydrogens is 423 g/mol. The van der Waals surface area contributed by atoms with Crippen LogP contribution in [0, 0.1) is 3.57 Å². The summed E-state index contributed by atoms with van der Waals surface area (Å²) in [5, 5.41) is 2.83. The average Bonchev–Trinajstić information content (AvgIpc) is 2.80. The molecule has 1 N–H and O–H groups in total. The summed E-state index contributed by atoms with van der Waals surface area (Å²) >= 11 is 3.19. The Balaban J connectivity index is 1.72. The predicted molar refractivity (Wildman–Crippen MR) is 102 cm³/mol. The molecule has 2 amide bonds. The second-order valence-corrected chi connectivity index (χ2v) is 7.10. The van der Waals surface area contributed by atoms with Gasteiger partial charge in [-0.1, -0.05) is 30.3 Å². The first-order valence-corrected chi connectivity index (χ1v) is 8.83. The van der Waals surface area contributed by atoms with E-state index < -0.39 is 0 Å². The van der Waals surface area contributed by atoms with Crippen molar-refractivity contribution < 1.29 is 9.59 Å². The molecule has 0 radical (unpaired) electrons. The van der Waals surface area contributed by atoms with E-state index >= 15 is 0 Å². The van der Waals surface area contributed by atoms with Crippen molar-refractivity contribution in [2.75, 3.05) is 12.0 Å². The molecule has 2 aromatic rings. The molecule has 0 saturated carbocycles. The molecule has 0 aromatic heterocycles. The van der Waals surface area contributed by atoms with E-state index in [-0.39, 0.29) is 17.8 Å². The highest BCUT2D eigenvalue weighted by Gasteiger charge is 2.34. The molecule has 0 atom stereocenters. The molecule has 6 heteroatoms. The lowest BCUT2D eigenvalue weighted by atomic mass is 10.2. The number of thioether (sulfide) groups is 1. The number of anilines is 1. The molecule has 4 nitrogen and oxygen atoms in total. The van der Waals surface area contributed by atoms with E-state index in [2.05, 4.69) is 27.9 Å². The smallest absolute Gasteiger partial charge is 0.295 e. The van der Waals surface area contributed by atoms with Crippen molar-refractivity contribution >= 4 is 57.3 Å². The fraction of sp³-hybridized carbons (Fsp3) is 0.0588. The molecular formula is C17H13IN2O2S. The SMILES string of the molecule is O=C1S/C(=C\c2cccc(I)c2)C(=O)N1CNc1ccccc1. The van der Waals surface area contributed by atoms with Crippen molar-refractivity contribution in [2.24, 2.45) is 0 Å². The molecule has 3 rings (SSSR count). The molecule has 2 aromatic carbocycles. The van der Waals surface area contributed by atoms with Crippen molar-refractivity contribution in [1.82, 2.24) is 4.90 Å². The first-order chi connectivity index (χ1) is 11.1. The van der Waals surface area contributed by atoms with Crippen LogP contribution in [0.25, 0.3) is 6.08 Å². The standard InChI is InChI=1S/C17H13IN2O2S/c18-13-6-4-5-12(9-13)10-15-16(21)20(17(22)23-15)11-19-14-7-2-1-3-8-14/h1-10,19H,11H2/b15-10-. The molecule has 0 spiro atoms. The lowest BCUT2D eigenvalue weighted by Crippen LogP contribution is -2.33. The van der Waals surface area contributed by atoms with Gasteiger partial charge in [0.25, 0.3) is 11.1 Å². The van der Waals surface area contributed by atoms with E-state index in [9.17, 15) is 9.59 Å². The maximum absolute atomic E-state index is 12.4. The number of carbonyl (C=O) groups is 2. The van der Waals surface area contributed by atoms with Gasteiger partial charge in [-0.2, -0.15) is 0 Å². The molecule has 0 aliphatic carbocycles. The van der Waals surface area contributed by atoms with Crippen molar-refractivity contribution in [3.05, 3.63) is 68.6 Å². The number of hydrogen-bond acceptors (Lipinski definition) is 4. The Morgan fingerprint density at radius 2 is 1.87 bits per heavy atom. The van der Waals surface area contributed by atoms with Gasteiger partial charge >= 0.3 is 0 Å². The van der Waals surface area contributed by atoms with Crippen LogP contribution in [0.15, 0.2) is 59.5 Å². The lowest BCUT2D eigenvalue weighted by molar-refractivity contribution is -0.122. The summed E-state index contributed by atoms with van der Waals surface area (Å²) in [6, 6.07) is 17.3. The molecule has 0 unspecified atom stereocenters. The molecule has 116 valence electrons. The molecule has 1 fully saturated rings. The second-order valence-electron chi connectivity index (χ2n) is 4.87. The third-order valence-corrected chi connectivity index (χ3v) is 4.81. The number of carbonyl (C=O) groups excluding carboxylic acids is 2. The minimum absolute atomic E-state index is 0.165. The molecule has 1 aliphatic heterocycles. The van der Waals surface area contributed by atoms with E-state index in [1.807, 2.05) is 54.6 Å². The van der Waals surface area contributed by atoms with Gasteiger partial charge in [0.15, 0.2) is 0 Å². The third-order valence-electron chi connectivity index (χ3n) is 3.24. The Bertz CT molecular complexity index is 777. The van der Waals surface area contributed by atoms with Gasteiger partial charge in [-0.25, -0.2) is 0 Å². The molecule has 23 heavy (non-hydrogen) atoms. The van der Waals surface area contributed by atoms with Crippen LogP contribution in [0.4, 0.5) is 10.5 Å². The average molecular weight is 436 g/mol. The lowest BCUT2D eigenvalue weighted by Gasteiger charge is -2.14. The third kappa shape index (κ3) is 3.94. The summed E-state index contributed by atoms with van der Waals surface area (Å²) < 4.78 is 1.08. The number of amides is 2. The van der Waals surface area contributed by atoms with Gasteiger partial charge in [-0.15, -0.1) is 0 Å². The van der Waals surface area contributed by atoms with Gasteiger partial charge in [-0.3, -0.25) is 14.5 Å². The van der Waals surface area contributed by atoms with Crippen LogP contribution < -0.4 is 5.32 Å². The normalized spacial score (nSPS) is 16.2. The van der Waals surface area contributed by atoms with Crippen molar-refractivity contribution in [3.8, 4) is 0 Å². The minimum Gasteiger partial charge on any atom is -0.367 e. The van der Waals surface area contributed by atoms with Crippen molar-refractivity contribution in [2.45, 2.75) is 0 Å². The van der Waals surface area contributed by atoms with Crippen molar-refractivity contribution in [1.29, 1.82) is 0 Å². The van der Waals surface area contributed by atoms with Crippen LogP contribution >= 0.6 is 34.4 Å². The molecule has 1 heterocycles. The highest BCUT2D eigenvalue weighted by Crippen LogP contribution is 2.32. The summed E-state index contributed by atoms with van der Waals surface area (Å²) in [5.41, 5.74) is 1.78. The van der Waals surface area contributed by atoms with E-state index in [0.717, 1.165) is 26.6 Å². The molecule has 0 bridgehead atoms. The van der Waals surface area contributed by atoms with Gasteiger partial charge < -0.3 is 5.32 Å².